The molecule has 0 aliphatic carbocycles. The maximum Gasteiger partial charge on any atom is 0.306 e. The van der Waals surface area contributed by atoms with Crippen molar-refractivity contribution in [3.63, 3.8) is 0 Å². The first-order chi connectivity index (χ1) is 7.38. The summed E-state index contributed by atoms with van der Waals surface area (Å²) in [5.74, 6) is -0.0567. The van der Waals surface area contributed by atoms with Crippen LogP contribution in [0.2, 0.25) is 0 Å². The molecular weight excluding hydrogens is 206 g/mol. The molecule has 1 aliphatic rings. The maximum absolute atomic E-state index is 11.5. The topological polar surface area (TPSA) is 46.6 Å². The van der Waals surface area contributed by atoms with Crippen molar-refractivity contribution in [2.24, 2.45) is 0 Å². The van der Waals surface area contributed by atoms with Crippen molar-refractivity contribution in [1.82, 2.24) is 4.90 Å². The molecular formula is C12H21NO3. The average Bonchev–Trinajstić information content (AvgIpc) is 1.96. The summed E-state index contributed by atoms with van der Waals surface area (Å²) in [5.41, 5.74) is -0.432. The number of ether oxygens (including phenoxy) is 1. The molecule has 0 radical (unpaired) electrons. The van der Waals surface area contributed by atoms with Crippen LogP contribution in [0.4, 0.5) is 0 Å². The minimum absolute atomic E-state index is 0.162. The molecule has 0 saturated carbocycles. The zero-order valence-electron chi connectivity index (χ0n) is 10.4. The van der Waals surface area contributed by atoms with Gasteiger partial charge in [0.2, 0.25) is 5.91 Å². The molecule has 0 aromatic heterocycles. The average molecular weight is 227 g/mol. The van der Waals surface area contributed by atoms with Crippen LogP contribution in [0.3, 0.4) is 0 Å². The lowest BCUT2D eigenvalue weighted by Crippen LogP contribution is -2.41. The smallest absolute Gasteiger partial charge is 0.306 e. The molecule has 1 saturated heterocycles. The zero-order valence-corrected chi connectivity index (χ0v) is 10.4. The van der Waals surface area contributed by atoms with Gasteiger partial charge in [-0.2, -0.15) is 0 Å². The number of hydrogen-bond donors (Lipinski definition) is 0. The van der Waals surface area contributed by atoms with Crippen LogP contribution in [0.15, 0.2) is 0 Å². The molecule has 1 aliphatic heterocycles. The lowest BCUT2D eigenvalue weighted by Gasteiger charge is -2.30. The third-order valence-electron chi connectivity index (χ3n) is 2.40. The van der Waals surface area contributed by atoms with Crippen molar-refractivity contribution in [2.75, 3.05) is 13.1 Å². The highest BCUT2D eigenvalue weighted by Crippen LogP contribution is 2.12. The molecule has 1 amide bonds. The Morgan fingerprint density at radius 2 is 1.81 bits per heavy atom. The fourth-order valence-electron chi connectivity index (χ4n) is 1.50. The van der Waals surface area contributed by atoms with Crippen LogP contribution >= 0.6 is 0 Å². The van der Waals surface area contributed by atoms with Gasteiger partial charge in [-0.05, 0) is 33.6 Å². The van der Waals surface area contributed by atoms with E-state index in [1.165, 1.54) is 0 Å². The van der Waals surface area contributed by atoms with Gasteiger partial charge in [-0.1, -0.05) is 0 Å². The number of rotatable bonds is 4. The molecule has 0 atom stereocenters. The Labute approximate surface area is 96.9 Å². The van der Waals surface area contributed by atoms with E-state index in [1.54, 1.807) is 0 Å². The standard InChI is InChI=1S/C12H21NO3/c1-12(2,3)16-11(15)7-4-6-10(14)13-8-5-9-13/h4-9H2,1-3H3. The van der Waals surface area contributed by atoms with E-state index in [4.69, 9.17) is 4.74 Å². The first-order valence-electron chi connectivity index (χ1n) is 5.88. The Bertz CT molecular complexity index is 264. The van der Waals surface area contributed by atoms with Crippen LogP contribution in [0, 0.1) is 0 Å². The highest BCUT2D eigenvalue weighted by Gasteiger charge is 2.20. The second-order valence-corrected chi connectivity index (χ2v) is 5.17. The predicted octanol–water partition coefficient (Wildman–Crippen LogP) is 1.73. The predicted molar refractivity (Wildman–Crippen MR) is 60.9 cm³/mol. The van der Waals surface area contributed by atoms with Crippen molar-refractivity contribution in [3.8, 4) is 0 Å². The summed E-state index contributed by atoms with van der Waals surface area (Å²) in [5, 5.41) is 0. The minimum atomic E-state index is -0.432. The van der Waals surface area contributed by atoms with Crippen LogP contribution in [-0.2, 0) is 14.3 Å². The summed E-state index contributed by atoms with van der Waals surface area (Å²) < 4.78 is 5.16. The van der Waals surface area contributed by atoms with Crippen LogP contribution in [0.5, 0.6) is 0 Å². The van der Waals surface area contributed by atoms with Crippen LogP contribution in [0.25, 0.3) is 0 Å². The van der Waals surface area contributed by atoms with Gasteiger partial charge in [0, 0.05) is 25.9 Å². The summed E-state index contributed by atoms with van der Waals surface area (Å²) in [7, 11) is 0. The van der Waals surface area contributed by atoms with Gasteiger partial charge in [-0.15, -0.1) is 0 Å². The van der Waals surface area contributed by atoms with E-state index in [1.807, 2.05) is 25.7 Å². The summed E-state index contributed by atoms with van der Waals surface area (Å²) in [6.07, 6.45) is 2.48. The number of nitrogens with zero attached hydrogens (tertiary/aromatic N) is 1. The van der Waals surface area contributed by atoms with E-state index >= 15 is 0 Å². The van der Waals surface area contributed by atoms with Gasteiger partial charge < -0.3 is 9.64 Å². The quantitative estimate of drug-likeness (QED) is 0.687. The summed E-state index contributed by atoms with van der Waals surface area (Å²) in [6.45, 7) is 7.29. The molecule has 1 heterocycles. The number of likely N-dealkylation sites (tertiary alicyclic amines) is 1. The maximum atomic E-state index is 11.5. The molecule has 1 rings (SSSR count). The van der Waals surface area contributed by atoms with Gasteiger partial charge in [0.15, 0.2) is 0 Å². The number of carbonyl (C=O) groups is 2. The Morgan fingerprint density at radius 1 is 1.19 bits per heavy atom. The third kappa shape index (κ3) is 4.64. The van der Waals surface area contributed by atoms with Crippen molar-refractivity contribution in [1.29, 1.82) is 0 Å². The van der Waals surface area contributed by atoms with Gasteiger partial charge in [0.05, 0.1) is 0 Å². The van der Waals surface area contributed by atoms with E-state index < -0.39 is 5.60 Å². The number of amides is 1. The highest BCUT2D eigenvalue weighted by molar-refractivity contribution is 5.77. The second kappa shape index (κ2) is 5.32. The molecule has 16 heavy (non-hydrogen) atoms. The van der Waals surface area contributed by atoms with Gasteiger partial charge in [0.1, 0.15) is 5.60 Å². The van der Waals surface area contributed by atoms with E-state index in [-0.39, 0.29) is 11.9 Å². The van der Waals surface area contributed by atoms with Crippen molar-refractivity contribution in [2.45, 2.75) is 52.1 Å². The Morgan fingerprint density at radius 3 is 2.25 bits per heavy atom. The highest BCUT2D eigenvalue weighted by atomic mass is 16.6. The molecule has 0 aromatic carbocycles. The summed E-state index contributed by atoms with van der Waals surface area (Å²) >= 11 is 0. The van der Waals surface area contributed by atoms with Crippen LogP contribution in [0.1, 0.15) is 46.5 Å². The van der Waals surface area contributed by atoms with E-state index in [0.29, 0.717) is 19.3 Å². The SMILES string of the molecule is CC(C)(C)OC(=O)CCCC(=O)N1CCC1. The molecule has 4 nitrogen and oxygen atoms in total. The summed E-state index contributed by atoms with van der Waals surface area (Å²) in [4.78, 5) is 24.6. The Balaban J connectivity index is 2.10. The molecule has 1 fully saturated rings. The number of hydrogen-bond acceptors (Lipinski definition) is 3. The molecule has 0 unspecified atom stereocenters. The first kappa shape index (κ1) is 13.0. The first-order valence-corrected chi connectivity index (χ1v) is 5.88. The fourth-order valence-corrected chi connectivity index (χ4v) is 1.50. The third-order valence-corrected chi connectivity index (χ3v) is 2.40. The molecule has 0 N–H and O–H groups in total. The number of esters is 1. The molecule has 4 heteroatoms. The van der Waals surface area contributed by atoms with Crippen molar-refractivity contribution >= 4 is 11.9 Å². The van der Waals surface area contributed by atoms with Crippen LogP contribution in [-0.4, -0.2) is 35.5 Å². The van der Waals surface area contributed by atoms with E-state index in [2.05, 4.69) is 0 Å². The minimum Gasteiger partial charge on any atom is -0.460 e. The van der Waals surface area contributed by atoms with Crippen LogP contribution < -0.4 is 0 Å². The van der Waals surface area contributed by atoms with Gasteiger partial charge in [-0.25, -0.2) is 0 Å². The van der Waals surface area contributed by atoms with E-state index in [9.17, 15) is 9.59 Å². The molecule has 0 bridgehead atoms. The second-order valence-electron chi connectivity index (χ2n) is 5.17. The van der Waals surface area contributed by atoms with Gasteiger partial charge >= 0.3 is 5.97 Å². The van der Waals surface area contributed by atoms with Gasteiger partial charge in [-0.3, -0.25) is 9.59 Å². The normalized spacial score (nSPS) is 15.6. The lowest BCUT2D eigenvalue weighted by molar-refractivity contribution is -0.155. The molecule has 0 spiro atoms. The summed E-state index contributed by atoms with van der Waals surface area (Å²) in [6, 6.07) is 0. The fraction of sp³-hybridized carbons (Fsp3) is 0.833. The molecule has 92 valence electrons. The Hall–Kier alpha value is -1.06. The van der Waals surface area contributed by atoms with E-state index in [0.717, 1.165) is 19.5 Å². The monoisotopic (exact) mass is 227 g/mol. The largest absolute Gasteiger partial charge is 0.460 e. The lowest BCUT2D eigenvalue weighted by atomic mass is 10.1. The van der Waals surface area contributed by atoms with Crippen molar-refractivity contribution in [3.05, 3.63) is 0 Å². The zero-order chi connectivity index (χ0) is 12.2. The van der Waals surface area contributed by atoms with Crippen molar-refractivity contribution < 1.29 is 14.3 Å². The van der Waals surface area contributed by atoms with Gasteiger partial charge in [0.25, 0.3) is 0 Å². The number of carbonyl (C=O) groups excluding carboxylic acids is 2. The Kier molecular flexibility index (Phi) is 4.33. The molecule has 0 aromatic rings.